The molecule has 2 N–H and O–H groups in total. The maximum absolute atomic E-state index is 5.52. The van der Waals surface area contributed by atoms with E-state index in [0.717, 1.165) is 12.3 Å². The van der Waals surface area contributed by atoms with Crippen LogP contribution in [0.15, 0.2) is 54.6 Å². The number of para-hydroxylation sites is 1. The highest BCUT2D eigenvalue weighted by atomic mass is 16.5. The molecule has 132 valence electrons. The molecule has 1 heterocycles. The van der Waals surface area contributed by atoms with Crippen LogP contribution in [0.3, 0.4) is 0 Å². The number of benzene rings is 2. The Bertz CT molecular complexity index is 687. The molecule has 0 radical (unpaired) electrons. The van der Waals surface area contributed by atoms with Crippen molar-refractivity contribution in [1.29, 1.82) is 0 Å². The van der Waals surface area contributed by atoms with Crippen LogP contribution < -0.4 is 15.4 Å². The zero-order valence-electron chi connectivity index (χ0n) is 14.9. The monoisotopic (exact) mass is 336 g/mol. The van der Waals surface area contributed by atoms with Crippen molar-refractivity contribution < 1.29 is 4.74 Å². The Morgan fingerprint density at radius 2 is 1.76 bits per heavy atom. The lowest BCUT2D eigenvalue weighted by Crippen LogP contribution is -2.39. The maximum atomic E-state index is 5.52. The number of nitrogens with one attached hydrogen (secondary N) is 2. The van der Waals surface area contributed by atoms with Crippen molar-refractivity contribution in [2.75, 3.05) is 7.11 Å². The largest absolute Gasteiger partial charge is 0.496 e. The van der Waals surface area contributed by atoms with Crippen molar-refractivity contribution in [2.45, 2.75) is 50.4 Å². The van der Waals surface area contributed by atoms with Gasteiger partial charge in [0.15, 0.2) is 0 Å². The summed E-state index contributed by atoms with van der Waals surface area (Å²) in [6, 6.07) is 20.7. The number of ether oxygens (including phenoxy) is 1. The maximum Gasteiger partial charge on any atom is 0.123 e. The van der Waals surface area contributed by atoms with Gasteiger partial charge in [0, 0.05) is 30.2 Å². The second-order valence-electron chi connectivity index (χ2n) is 7.33. The summed E-state index contributed by atoms with van der Waals surface area (Å²) in [5.41, 5.74) is 2.63. The Morgan fingerprint density at radius 1 is 1.00 bits per heavy atom. The topological polar surface area (TPSA) is 33.3 Å². The zero-order valence-corrected chi connectivity index (χ0v) is 14.9. The van der Waals surface area contributed by atoms with E-state index in [1.807, 2.05) is 12.1 Å². The van der Waals surface area contributed by atoms with Gasteiger partial charge in [0.05, 0.1) is 7.11 Å². The highest BCUT2D eigenvalue weighted by molar-refractivity contribution is 5.33. The zero-order chi connectivity index (χ0) is 17.1. The molecule has 2 aromatic carbocycles. The van der Waals surface area contributed by atoms with E-state index in [1.54, 1.807) is 7.11 Å². The molecule has 0 bridgehead atoms. The van der Waals surface area contributed by atoms with Crippen molar-refractivity contribution in [3.63, 3.8) is 0 Å². The fraction of sp³-hybridized carbons (Fsp3) is 0.455. The first kappa shape index (κ1) is 16.6. The van der Waals surface area contributed by atoms with Gasteiger partial charge in [0.25, 0.3) is 0 Å². The molecule has 4 unspecified atom stereocenters. The van der Waals surface area contributed by atoms with Crippen molar-refractivity contribution in [2.24, 2.45) is 5.92 Å². The molecule has 0 spiro atoms. The van der Waals surface area contributed by atoms with Gasteiger partial charge in [0.2, 0.25) is 0 Å². The van der Waals surface area contributed by atoms with Crippen molar-refractivity contribution in [1.82, 2.24) is 10.6 Å². The van der Waals surface area contributed by atoms with E-state index in [9.17, 15) is 0 Å². The molecule has 2 fully saturated rings. The van der Waals surface area contributed by atoms with Crippen LogP contribution >= 0.6 is 0 Å². The Morgan fingerprint density at radius 3 is 2.60 bits per heavy atom. The molecule has 0 amide bonds. The molecular weight excluding hydrogens is 308 g/mol. The normalized spacial score (nSPS) is 28.5. The smallest absolute Gasteiger partial charge is 0.123 e. The number of hydrogen-bond acceptors (Lipinski definition) is 3. The lowest BCUT2D eigenvalue weighted by atomic mass is 9.81. The van der Waals surface area contributed by atoms with Gasteiger partial charge in [-0.2, -0.15) is 0 Å². The summed E-state index contributed by atoms with van der Waals surface area (Å²) < 4.78 is 5.52. The lowest BCUT2D eigenvalue weighted by Gasteiger charge is -2.30. The van der Waals surface area contributed by atoms with Crippen LogP contribution in [-0.2, 0) is 6.54 Å². The van der Waals surface area contributed by atoms with Crippen LogP contribution in [0.2, 0.25) is 0 Å². The lowest BCUT2D eigenvalue weighted by molar-refractivity contribution is 0.281. The second kappa shape index (κ2) is 7.59. The fourth-order valence-corrected chi connectivity index (χ4v) is 4.69. The summed E-state index contributed by atoms with van der Waals surface area (Å²) in [4.78, 5) is 0. The first-order valence-corrected chi connectivity index (χ1v) is 9.53. The van der Waals surface area contributed by atoms with Crippen LogP contribution in [0.5, 0.6) is 5.75 Å². The van der Waals surface area contributed by atoms with Crippen LogP contribution in [-0.4, -0.2) is 19.2 Å². The molecule has 3 nitrogen and oxygen atoms in total. The number of methoxy groups -OCH3 is 1. The van der Waals surface area contributed by atoms with E-state index >= 15 is 0 Å². The highest BCUT2D eigenvalue weighted by Gasteiger charge is 2.43. The molecule has 1 aliphatic carbocycles. The molecule has 0 aromatic heterocycles. The van der Waals surface area contributed by atoms with Crippen LogP contribution in [0.4, 0.5) is 0 Å². The first-order valence-electron chi connectivity index (χ1n) is 9.53. The second-order valence-corrected chi connectivity index (χ2v) is 7.33. The molecule has 1 aliphatic heterocycles. The Balaban J connectivity index is 1.55. The van der Waals surface area contributed by atoms with Gasteiger partial charge in [-0.05, 0) is 30.4 Å². The van der Waals surface area contributed by atoms with Gasteiger partial charge in [-0.25, -0.2) is 0 Å². The molecule has 4 rings (SSSR count). The third kappa shape index (κ3) is 3.44. The molecule has 1 saturated heterocycles. The van der Waals surface area contributed by atoms with Crippen LogP contribution in [0.1, 0.15) is 42.9 Å². The van der Waals surface area contributed by atoms with Crippen LogP contribution in [0, 0.1) is 5.92 Å². The SMILES string of the molecule is COc1ccccc1CNC1C(c2ccccc2)NC2CCCCC21. The quantitative estimate of drug-likeness (QED) is 0.864. The van der Waals surface area contributed by atoms with Gasteiger partial charge in [0.1, 0.15) is 5.75 Å². The van der Waals surface area contributed by atoms with Crippen molar-refractivity contribution in [3.8, 4) is 5.75 Å². The van der Waals surface area contributed by atoms with Gasteiger partial charge in [-0.1, -0.05) is 61.4 Å². The van der Waals surface area contributed by atoms with E-state index in [0.29, 0.717) is 24.0 Å². The fourth-order valence-electron chi connectivity index (χ4n) is 4.69. The average Bonchev–Trinajstić information content (AvgIpc) is 3.06. The van der Waals surface area contributed by atoms with Gasteiger partial charge >= 0.3 is 0 Å². The molecule has 4 atom stereocenters. The summed E-state index contributed by atoms with van der Waals surface area (Å²) in [7, 11) is 1.75. The Hall–Kier alpha value is -1.84. The van der Waals surface area contributed by atoms with Crippen molar-refractivity contribution in [3.05, 3.63) is 65.7 Å². The van der Waals surface area contributed by atoms with Crippen molar-refractivity contribution >= 4 is 0 Å². The predicted molar refractivity (Wildman–Crippen MR) is 102 cm³/mol. The summed E-state index contributed by atoms with van der Waals surface area (Å²) >= 11 is 0. The standard InChI is InChI=1S/C22H28N2O/c1-25-20-14-8-5-11-17(20)15-23-22-18-12-6-7-13-19(18)24-21(22)16-9-3-2-4-10-16/h2-5,8-11,14,18-19,21-24H,6-7,12-13,15H2,1H3. The van der Waals surface area contributed by atoms with E-state index in [2.05, 4.69) is 53.1 Å². The van der Waals surface area contributed by atoms with E-state index in [4.69, 9.17) is 4.74 Å². The molecule has 2 aliphatic rings. The minimum Gasteiger partial charge on any atom is -0.496 e. The minimum absolute atomic E-state index is 0.393. The van der Waals surface area contributed by atoms with Gasteiger partial charge in [-0.3, -0.25) is 0 Å². The van der Waals surface area contributed by atoms with E-state index in [-0.39, 0.29) is 0 Å². The van der Waals surface area contributed by atoms with Crippen LogP contribution in [0.25, 0.3) is 0 Å². The predicted octanol–water partition coefficient (Wildman–Crippen LogP) is 4.06. The summed E-state index contributed by atoms with van der Waals surface area (Å²) in [5, 5.41) is 7.81. The van der Waals surface area contributed by atoms with E-state index in [1.165, 1.54) is 36.8 Å². The molecular formula is C22H28N2O. The highest BCUT2D eigenvalue weighted by Crippen LogP contribution is 2.39. The number of rotatable bonds is 5. The molecule has 2 aromatic rings. The molecule has 1 saturated carbocycles. The Labute approximate surface area is 150 Å². The van der Waals surface area contributed by atoms with E-state index < -0.39 is 0 Å². The van der Waals surface area contributed by atoms with Gasteiger partial charge < -0.3 is 15.4 Å². The third-order valence-corrected chi connectivity index (χ3v) is 5.91. The summed E-state index contributed by atoms with van der Waals surface area (Å²) in [5.74, 6) is 1.69. The third-order valence-electron chi connectivity index (χ3n) is 5.91. The summed E-state index contributed by atoms with van der Waals surface area (Å²) in [6.45, 7) is 0.850. The Kier molecular flexibility index (Phi) is 5.04. The summed E-state index contributed by atoms with van der Waals surface area (Å²) in [6.07, 6.45) is 5.34. The molecule has 25 heavy (non-hydrogen) atoms. The number of fused-ring (bicyclic) bond motifs is 1. The first-order chi connectivity index (χ1) is 12.4. The van der Waals surface area contributed by atoms with Gasteiger partial charge in [-0.15, -0.1) is 0 Å². The average molecular weight is 336 g/mol. The molecule has 3 heteroatoms. The number of hydrogen-bond donors (Lipinski definition) is 2. The minimum atomic E-state index is 0.393.